The van der Waals surface area contributed by atoms with Gasteiger partial charge in [0.05, 0.1) is 19.9 Å². The molecule has 7 heteroatoms. The lowest BCUT2D eigenvalue weighted by Crippen LogP contribution is -2.25. The summed E-state index contributed by atoms with van der Waals surface area (Å²) in [5.41, 5.74) is 3.45. The van der Waals surface area contributed by atoms with Crippen LogP contribution in [0.2, 0.25) is 0 Å². The average Bonchev–Trinajstić information content (AvgIpc) is 2.63. The Bertz CT molecular complexity index is 747. The number of nitrogens with zero attached hydrogens (tertiary/aromatic N) is 1. The Morgan fingerprint density at radius 2 is 2.04 bits per heavy atom. The fraction of sp³-hybridized carbons (Fsp3) is 0.222. The summed E-state index contributed by atoms with van der Waals surface area (Å²) in [5, 5.41) is 13.9. The second kappa shape index (κ2) is 9.19. The van der Waals surface area contributed by atoms with E-state index in [1.165, 1.54) is 6.21 Å². The molecule has 0 bridgehead atoms. The summed E-state index contributed by atoms with van der Waals surface area (Å²) in [6.45, 7) is 2.38. The second-order valence-corrected chi connectivity index (χ2v) is 5.94. The van der Waals surface area contributed by atoms with E-state index in [1.54, 1.807) is 49.6 Å². The first kappa shape index (κ1) is 19.0. The highest BCUT2D eigenvalue weighted by molar-refractivity contribution is 9.10. The van der Waals surface area contributed by atoms with Crippen molar-refractivity contribution in [2.45, 2.75) is 13.0 Å². The van der Waals surface area contributed by atoms with E-state index in [1.807, 2.05) is 6.92 Å². The van der Waals surface area contributed by atoms with Gasteiger partial charge in [-0.3, -0.25) is 4.79 Å². The number of hydrazone groups is 1. The zero-order chi connectivity index (χ0) is 18.2. The molecule has 0 aliphatic rings. The molecule has 132 valence electrons. The van der Waals surface area contributed by atoms with Gasteiger partial charge in [-0.1, -0.05) is 28.1 Å². The highest BCUT2D eigenvalue weighted by Gasteiger charge is 2.16. The molecule has 1 atom stereocenters. The van der Waals surface area contributed by atoms with E-state index in [9.17, 15) is 9.90 Å². The van der Waals surface area contributed by atoms with E-state index in [0.717, 1.165) is 4.47 Å². The first-order chi connectivity index (χ1) is 12.0. The second-order valence-electron chi connectivity index (χ2n) is 5.03. The first-order valence-corrected chi connectivity index (χ1v) is 8.41. The Morgan fingerprint density at radius 1 is 1.32 bits per heavy atom. The van der Waals surface area contributed by atoms with E-state index in [4.69, 9.17) is 9.47 Å². The largest absolute Gasteiger partial charge is 0.497 e. The number of halogens is 1. The number of hydrogen-bond acceptors (Lipinski definition) is 5. The molecule has 0 aliphatic carbocycles. The SMILES string of the molecule is CCOc1ccc(OC)cc1/C=N/NC(=O)C(O)c1ccc(Br)cc1. The van der Waals surface area contributed by atoms with Gasteiger partial charge in [0, 0.05) is 10.0 Å². The quantitative estimate of drug-likeness (QED) is 0.546. The van der Waals surface area contributed by atoms with Crippen molar-refractivity contribution in [2.75, 3.05) is 13.7 Å². The summed E-state index contributed by atoms with van der Waals surface area (Å²) in [7, 11) is 1.56. The van der Waals surface area contributed by atoms with Gasteiger partial charge in [-0.05, 0) is 42.8 Å². The van der Waals surface area contributed by atoms with Crippen LogP contribution >= 0.6 is 15.9 Å². The van der Waals surface area contributed by atoms with Gasteiger partial charge in [0.25, 0.3) is 5.91 Å². The molecule has 0 saturated carbocycles. The van der Waals surface area contributed by atoms with Gasteiger partial charge < -0.3 is 14.6 Å². The van der Waals surface area contributed by atoms with Crippen LogP contribution in [0.5, 0.6) is 11.5 Å². The van der Waals surface area contributed by atoms with Crippen LogP contribution in [0.25, 0.3) is 0 Å². The Hall–Kier alpha value is -2.38. The van der Waals surface area contributed by atoms with Crippen LogP contribution in [-0.4, -0.2) is 30.9 Å². The van der Waals surface area contributed by atoms with Gasteiger partial charge in [0.1, 0.15) is 11.5 Å². The van der Waals surface area contributed by atoms with Crippen molar-refractivity contribution in [2.24, 2.45) is 5.10 Å². The average molecular weight is 407 g/mol. The van der Waals surface area contributed by atoms with E-state index < -0.39 is 12.0 Å². The number of rotatable bonds is 7. The van der Waals surface area contributed by atoms with Gasteiger partial charge in [-0.2, -0.15) is 5.10 Å². The van der Waals surface area contributed by atoms with E-state index >= 15 is 0 Å². The van der Waals surface area contributed by atoms with Gasteiger partial charge in [0.2, 0.25) is 0 Å². The number of aliphatic hydroxyl groups excluding tert-OH is 1. The van der Waals surface area contributed by atoms with E-state index in [0.29, 0.717) is 29.2 Å². The molecule has 0 fully saturated rings. The molecule has 25 heavy (non-hydrogen) atoms. The summed E-state index contributed by atoms with van der Waals surface area (Å²) < 4.78 is 11.5. The van der Waals surface area contributed by atoms with Gasteiger partial charge >= 0.3 is 0 Å². The number of amides is 1. The summed E-state index contributed by atoms with van der Waals surface area (Å²) in [6.07, 6.45) is 0.140. The molecular formula is C18H19BrN2O4. The van der Waals surface area contributed by atoms with Crippen LogP contribution in [0.1, 0.15) is 24.2 Å². The Labute approximate surface area is 154 Å². The molecule has 2 N–H and O–H groups in total. The lowest BCUT2D eigenvalue weighted by atomic mass is 10.1. The third-order valence-corrected chi connectivity index (χ3v) is 3.86. The van der Waals surface area contributed by atoms with Crippen LogP contribution in [0, 0.1) is 0 Å². The molecule has 0 spiro atoms. The van der Waals surface area contributed by atoms with Crippen LogP contribution in [0.4, 0.5) is 0 Å². The smallest absolute Gasteiger partial charge is 0.273 e. The standard InChI is InChI=1S/C18H19BrN2O4/c1-3-25-16-9-8-15(24-2)10-13(16)11-20-21-18(23)17(22)12-4-6-14(19)7-5-12/h4-11,17,22H,3H2,1-2H3,(H,21,23)/b20-11+. The van der Waals surface area contributed by atoms with Crippen molar-refractivity contribution in [1.82, 2.24) is 5.43 Å². The third-order valence-electron chi connectivity index (χ3n) is 3.33. The number of nitrogens with one attached hydrogen (secondary N) is 1. The first-order valence-electron chi connectivity index (χ1n) is 7.62. The van der Waals surface area contributed by atoms with Crippen LogP contribution < -0.4 is 14.9 Å². The Kier molecular flexibility index (Phi) is 6.97. The van der Waals surface area contributed by atoms with Crippen LogP contribution in [0.3, 0.4) is 0 Å². The van der Waals surface area contributed by atoms with Gasteiger partial charge in [-0.25, -0.2) is 5.43 Å². The summed E-state index contributed by atoms with van der Waals surface area (Å²) >= 11 is 3.30. The lowest BCUT2D eigenvalue weighted by molar-refractivity contribution is -0.129. The Balaban J connectivity index is 2.06. The van der Waals surface area contributed by atoms with Gasteiger partial charge in [0.15, 0.2) is 6.10 Å². The molecule has 0 aliphatic heterocycles. The number of benzene rings is 2. The van der Waals surface area contributed by atoms with Crippen molar-refractivity contribution in [3.8, 4) is 11.5 Å². The molecule has 0 heterocycles. The van der Waals surface area contributed by atoms with Crippen molar-refractivity contribution < 1.29 is 19.4 Å². The predicted molar refractivity (Wildman–Crippen MR) is 99.0 cm³/mol. The number of ether oxygens (including phenoxy) is 2. The molecule has 1 unspecified atom stereocenters. The highest BCUT2D eigenvalue weighted by Crippen LogP contribution is 2.22. The minimum Gasteiger partial charge on any atom is -0.497 e. The van der Waals surface area contributed by atoms with Crippen molar-refractivity contribution in [1.29, 1.82) is 0 Å². The van der Waals surface area contributed by atoms with Crippen molar-refractivity contribution in [3.05, 3.63) is 58.1 Å². The molecular weight excluding hydrogens is 388 g/mol. The zero-order valence-electron chi connectivity index (χ0n) is 13.9. The monoisotopic (exact) mass is 406 g/mol. The molecule has 1 amide bonds. The lowest BCUT2D eigenvalue weighted by Gasteiger charge is -2.10. The highest BCUT2D eigenvalue weighted by atomic mass is 79.9. The number of hydrogen-bond donors (Lipinski definition) is 2. The maximum atomic E-state index is 12.0. The van der Waals surface area contributed by atoms with Crippen LogP contribution in [0.15, 0.2) is 52.0 Å². The molecule has 6 nitrogen and oxygen atoms in total. The summed E-state index contributed by atoms with van der Waals surface area (Å²) in [4.78, 5) is 12.0. The number of carbonyl (C=O) groups is 1. The molecule has 0 aromatic heterocycles. The molecule has 2 aromatic carbocycles. The summed E-state index contributed by atoms with van der Waals surface area (Å²) in [5.74, 6) is 0.639. The topological polar surface area (TPSA) is 80.2 Å². The van der Waals surface area contributed by atoms with Crippen molar-refractivity contribution >= 4 is 28.1 Å². The van der Waals surface area contributed by atoms with Crippen molar-refractivity contribution in [3.63, 3.8) is 0 Å². The zero-order valence-corrected chi connectivity index (χ0v) is 15.5. The van der Waals surface area contributed by atoms with E-state index in [2.05, 4.69) is 26.5 Å². The molecule has 2 aromatic rings. The third kappa shape index (κ3) is 5.30. The molecule has 0 saturated heterocycles. The Morgan fingerprint density at radius 3 is 2.68 bits per heavy atom. The number of aliphatic hydroxyl groups is 1. The number of carbonyl (C=O) groups excluding carboxylic acids is 1. The number of methoxy groups -OCH3 is 1. The maximum Gasteiger partial charge on any atom is 0.273 e. The van der Waals surface area contributed by atoms with Crippen LogP contribution in [-0.2, 0) is 4.79 Å². The fourth-order valence-corrected chi connectivity index (χ4v) is 2.33. The maximum absolute atomic E-state index is 12.0. The van der Waals surface area contributed by atoms with E-state index in [-0.39, 0.29) is 0 Å². The molecule has 0 radical (unpaired) electrons. The summed E-state index contributed by atoms with van der Waals surface area (Å²) in [6, 6.07) is 12.1. The van der Waals surface area contributed by atoms with Gasteiger partial charge in [-0.15, -0.1) is 0 Å². The predicted octanol–water partition coefficient (Wildman–Crippen LogP) is 3.04. The minimum atomic E-state index is -1.30. The normalized spacial score (nSPS) is 12.0. The minimum absolute atomic E-state index is 0.479. The molecule has 2 rings (SSSR count). The fourth-order valence-electron chi connectivity index (χ4n) is 2.06.